The largest absolute Gasteiger partial charge is 0.480 e. The molecule has 0 aromatic carbocycles. The van der Waals surface area contributed by atoms with E-state index in [1.165, 1.54) is 17.2 Å². The summed E-state index contributed by atoms with van der Waals surface area (Å²) in [5.74, 6) is -0.937. The minimum atomic E-state index is -1.00. The zero-order valence-electron chi connectivity index (χ0n) is 9.24. The molecule has 1 atom stereocenters. The minimum absolute atomic E-state index is 0.0642. The van der Waals surface area contributed by atoms with Crippen molar-refractivity contribution < 1.29 is 14.8 Å². The van der Waals surface area contributed by atoms with Crippen LogP contribution in [-0.4, -0.2) is 33.6 Å². The van der Waals surface area contributed by atoms with E-state index >= 15 is 0 Å². The zero-order chi connectivity index (χ0) is 13.3. The number of carbonyl (C=O) groups is 1. The molecule has 0 aliphatic carbocycles. The summed E-state index contributed by atoms with van der Waals surface area (Å²) in [7, 11) is 0. The van der Waals surface area contributed by atoms with Gasteiger partial charge in [0.05, 0.1) is 9.95 Å². The third kappa shape index (κ3) is 2.21. The Labute approximate surface area is 107 Å². The number of pyridine rings is 1. The molecule has 2 rings (SSSR count). The fraction of sp³-hybridized carbons (Fsp3) is 0.400. The van der Waals surface area contributed by atoms with Gasteiger partial charge >= 0.3 is 11.7 Å². The summed E-state index contributed by atoms with van der Waals surface area (Å²) < 4.78 is 0. The van der Waals surface area contributed by atoms with E-state index in [1.807, 2.05) is 0 Å². The van der Waals surface area contributed by atoms with Crippen molar-refractivity contribution in [3.63, 3.8) is 0 Å². The molecule has 1 N–H and O–H groups in total. The molecule has 1 aromatic rings. The van der Waals surface area contributed by atoms with Crippen LogP contribution in [-0.2, 0) is 4.79 Å². The molecule has 0 saturated carbocycles. The van der Waals surface area contributed by atoms with E-state index in [-0.39, 0.29) is 16.5 Å². The Morgan fingerprint density at radius 3 is 3.00 bits per heavy atom. The van der Waals surface area contributed by atoms with Crippen LogP contribution in [0.25, 0.3) is 0 Å². The summed E-state index contributed by atoms with van der Waals surface area (Å²) in [6, 6.07) is 0.415. The van der Waals surface area contributed by atoms with E-state index in [2.05, 4.69) is 4.98 Å². The highest BCUT2D eigenvalue weighted by molar-refractivity contribution is 6.30. The molecule has 1 aromatic heterocycles. The second-order valence-electron chi connectivity index (χ2n) is 3.94. The van der Waals surface area contributed by atoms with Gasteiger partial charge in [-0.15, -0.1) is 0 Å². The Morgan fingerprint density at radius 1 is 1.67 bits per heavy atom. The van der Waals surface area contributed by atoms with Crippen molar-refractivity contribution in [2.75, 3.05) is 11.4 Å². The number of nitrogens with zero attached hydrogens (tertiary/aromatic N) is 3. The third-order valence-electron chi connectivity index (χ3n) is 2.82. The minimum Gasteiger partial charge on any atom is -0.480 e. The van der Waals surface area contributed by atoms with Gasteiger partial charge in [0.15, 0.2) is 0 Å². The average molecular weight is 272 g/mol. The van der Waals surface area contributed by atoms with Crippen LogP contribution in [0.4, 0.5) is 11.5 Å². The van der Waals surface area contributed by atoms with Crippen molar-refractivity contribution in [1.82, 2.24) is 4.98 Å². The molecule has 0 bridgehead atoms. The molecular formula is C10H10ClN3O4. The van der Waals surface area contributed by atoms with Gasteiger partial charge in [-0.2, -0.15) is 0 Å². The number of halogens is 1. The number of rotatable bonds is 3. The maximum Gasteiger partial charge on any atom is 0.326 e. The lowest BCUT2D eigenvalue weighted by molar-refractivity contribution is -0.384. The number of carboxylic acid groups (broad SMARTS) is 1. The molecule has 1 saturated heterocycles. The molecule has 1 fully saturated rings. The predicted octanol–water partition coefficient (Wildman–Crippen LogP) is 1.70. The Bertz CT molecular complexity index is 508. The van der Waals surface area contributed by atoms with Crippen LogP contribution in [0.2, 0.25) is 5.02 Å². The van der Waals surface area contributed by atoms with Gasteiger partial charge in [0.2, 0.25) is 5.82 Å². The summed E-state index contributed by atoms with van der Waals surface area (Å²) in [5, 5.41) is 20.2. The highest BCUT2D eigenvalue weighted by Crippen LogP contribution is 2.33. The van der Waals surface area contributed by atoms with Gasteiger partial charge in [0, 0.05) is 18.8 Å². The quantitative estimate of drug-likeness (QED) is 0.664. The molecular weight excluding hydrogens is 262 g/mol. The number of hydrogen-bond donors (Lipinski definition) is 1. The second kappa shape index (κ2) is 4.77. The van der Waals surface area contributed by atoms with Crippen LogP contribution in [0.3, 0.4) is 0 Å². The molecule has 96 valence electrons. The maximum atomic E-state index is 11.1. The van der Waals surface area contributed by atoms with Gasteiger partial charge in [0.25, 0.3) is 0 Å². The monoisotopic (exact) mass is 271 g/mol. The highest BCUT2D eigenvalue weighted by Gasteiger charge is 2.35. The molecule has 0 radical (unpaired) electrons. The number of hydrogen-bond acceptors (Lipinski definition) is 5. The fourth-order valence-electron chi connectivity index (χ4n) is 2.05. The van der Waals surface area contributed by atoms with Crippen LogP contribution in [0, 0.1) is 10.1 Å². The first-order valence-electron chi connectivity index (χ1n) is 5.30. The lowest BCUT2D eigenvalue weighted by atomic mass is 10.2. The van der Waals surface area contributed by atoms with Crippen molar-refractivity contribution >= 4 is 29.1 Å². The topological polar surface area (TPSA) is 96.6 Å². The van der Waals surface area contributed by atoms with E-state index in [0.29, 0.717) is 19.4 Å². The fourth-order valence-corrected chi connectivity index (χ4v) is 2.21. The third-order valence-corrected chi connectivity index (χ3v) is 3.03. The van der Waals surface area contributed by atoms with Gasteiger partial charge in [-0.3, -0.25) is 10.1 Å². The smallest absolute Gasteiger partial charge is 0.326 e. The second-order valence-corrected chi connectivity index (χ2v) is 4.38. The number of nitro groups is 1. The summed E-state index contributed by atoms with van der Waals surface area (Å²) in [5.41, 5.74) is -0.268. The molecule has 7 nitrogen and oxygen atoms in total. The Kier molecular flexibility index (Phi) is 3.33. The van der Waals surface area contributed by atoms with Gasteiger partial charge in [-0.05, 0) is 12.8 Å². The standard InChI is InChI=1S/C10H10ClN3O4/c11-6-4-8(14(17)18)9(12-5-6)13-3-1-2-7(13)10(15)16/h4-5,7H,1-3H2,(H,15,16)/t7-/m0/s1. The Balaban J connectivity index is 2.44. The van der Waals surface area contributed by atoms with Crippen LogP contribution >= 0.6 is 11.6 Å². The number of aliphatic carboxylic acids is 1. The van der Waals surface area contributed by atoms with Crippen molar-refractivity contribution in [3.8, 4) is 0 Å². The zero-order valence-corrected chi connectivity index (χ0v) is 10.0. The number of aromatic nitrogens is 1. The summed E-state index contributed by atoms with van der Waals surface area (Å²) in [4.78, 5) is 26.7. The van der Waals surface area contributed by atoms with Gasteiger partial charge in [-0.1, -0.05) is 11.6 Å². The highest BCUT2D eigenvalue weighted by atomic mass is 35.5. The normalized spacial score (nSPS) is 18.9. The van der Waals surface area contributed by atoms with Gasteiger partial charge in [-0.25, -0.2) is 9.78 Å². The van der Waals surface area contributed by atoms with Crippen molar-refractivity contribution in [3.05, 3.63) is 27.4 Å². The van der Waals surface area contributed by atoms with Crippen molar-refractivity contribution in [2.45, 2.75) is 18.9 Å². The van der Waals surface area contributed by atoms with Crippen LogP contribution in [0.15, 0.2) is 12.3 Å². The van der Waals surface area contributed by atoms with E-state index in [0.717, 1.165) is 0 Å². The Morgan fingerprint density at radius 2 is 2.39 bits per heavy atom. The summed E-state index contributed by atoms with van der Waals surface area (Å²) in [6.45, 7) is 0.437. The summed E-state index contributed by atoms with van der Waals surface area (Å²) in [6.07, 6.45) is 2.40. The molecule has 1 aliphatic heterocycles. The molecule has 0 unspecified atom stereocenters. The van der Waals surface area contributed by atoms with E-state index < -0.39 is 16.9 Å². The molecule has 0 spiro atoms. The predicted molar refractivity (Wildman–Crippen MR) is 63.9 cm³/mol. The lowest BCUT2D eigenvalue weighted by Gasteiger charge is -2.21. The van der Waals surface area contributed by atoms with Crippen molar-refractivity contribution in [1.29, 1.82) is 0 Å². The molecule has 18 heavy (non-hydrogen) atoms. The molecule has 0 amide bonds. The van der Waals surface area contributed by atoms with E-state index in [1.54, 1.807) is 0 Å². The SMILES string of the molecule is O=C(O)[C@@H]1CCCN1c1ncc(Cl)cc1[N+](=O)[O-]. The Hall–Kier alpha value is -1.89. The van der Waals surface area contributed by atoms with Gasteiger partial charge in [0.1, 0.15) is 6.04 Å². The first-order valence-corrected chi connectivity index (χ1v) is 5.68. The maximum absolute atomic E-state index is 11.1. The summed E-state index contributed by atoms with van der Waals surface area (Å²) >= 11 is 5.66. The van der Waals surface area contributed by atoms with E-state index in [9.17, 15) is 14.9 Å². The first-order chi connectivity index (χ1) is 8.50. The first kappa shape index (κ1) is 12.6. The average Bonchev–Trinajstić information content (AvgIpc) is 2.77. The van der Waals surface area contributed by atoms with Crippen LogP contribution in [0.1, 0.15) is 12.8 Å². The van der Waals surface area contributed by atoms with Crippen LogP contribution < -0.4 is 4.90 Å². The van der Waals surface area contributed by atoms with Gasteiger partial charge < -0.3 is 10.0 Å². The van der Waals surface area contributed by atoms with E-state index in [4.69, 9.17) is 16.7 Å². The molecule has 2 heterocycles. The lowest BCUT2D eigenvalue weighted by Crippen LogP contribution is -2.36. The van der Waals surface area contributed by atoms with Crippen LogP contribution in [0.5, 0.6) is 0 Å². The molecule has 1 aliphatic rings. The number of carboxylic acids is 1. The number of anilines is 1. The molecule has 8 heteroatoms. The van der Waals surface area contributed by atoms with Crippen molar-refractivity contribution in [2.24, 2.45) is 0 Å².